The topological polar surface area (TPSA) is 66.9 Å². The predicted octanol–water partition coefficient (Wildman–Crippen LogP) is 3.56. The molecule has 1 aromatic heterocycles. The number of benzene rings is 1. The minimum Gasteiger partial charge on any atom is -0.352 e. The fourth-order valence-corrected chi connectivity index (χ4v) is 1.92. The van der Waals surface area contributed by atoms with E-state index in [1.165, 1.54) is 12.4 Å². The number of anilines is 2. The first-order chi connectivity index (χ1) is 10.5. The third-order valence-corrected chi connectivity index (χ3v) is 3.75. The van der Waals surface area contributed by atoms with Gasteiger partial charge < -0.3 is 10.6 Å². The molecule has 0 aliphatic carbocycles. The largest absolute Gasteiger partial charge is 0.352 e. The highest BCUT2D eigenvalue weighted by atomic mass is 16.1. The molecular formula is C17H22N4O. The minimum atomic E-state index is -0.205. The van der Waals surface area contributed by atoms with Gasteiger partial charge in [-0.1, -0.05) is 19.1 Å². The van der Waals surface area contributed by atoms with Crippen LogP contribution < -0.4 is 10.6 Å². The van der Waals surface area contributed by atoms with Crippen molar-refractivity contribution in [2.75, 3.05) is 10.6 Å². The summed E-state index contributed by atoms with van der Waals surface area (Å²) >= 11 is 0. The molecule has 116 valence electrons. The molecule has 2 rings (SSSR count). The first kappa shape index (κ1) is 15.9. The molecule has 0 spiro atoms. The first-order valence-electron chi connectivity index (χ1n) is 7.47. The number of hydrogen-bond acceptors (Lipinski definition) is 4. The maximum Gasteiger partial charge on any atom is 0.258 e. The lowest BCUT2D eigenvalue weighted by molar-refractivity contribution is 0.102. The van der Waals surface area contributed by atoms with Crippen LogP contribution in [0, 0.1) is 13.8 Å². The summed E-state index contributed by atoms with van der Waals surface area (Å²) in [4.78, 5) is 20.6. The number of amides is 1. The number of hydrogen-bond donors (Lipinski definition) is 2. The minimum absolute atomic E-state index is 0.205. The molecule has 0 saturated carbocycles. The number of rotatable bonds is 5. The number of nitrogens with zero attached hydrogens (tertiary/aromatic N) is 2. The van der Waals surface area contributed by atoms with Crippen LogP contribution in [0.4, 0.5) is 11.6 Å². The van der Waals surface area contributed by atoms with E-state index in [1.54, 1.807) is 0 Å². The molecule has 2 N–H and O–H groups in total. The molecule has 5 nitrogen and oxygen atoms in total. The molecule has 22 heavy (non-hydrogen) atoms. The van der Waals surface area contributed by atoms with Crippen molar-refractivity contribution in [2.24, 2.45) is 0 Å². The number of aromatic nitrogens is 2. The van der Waals surface area contributed by atoms with Gasteiger partial charge in [-0.15, -0.1) is 0 Å². The summed E-state index contributed by atoms with van der Waals surface area (Å²) in [5.41, 5.74) is 3.45. The molecule has 1 aromatic carbocycles. The van der Waals surface area contributed by atoms with Crippen LogP contribution in [0.2, 0.25) is 0 Å². The summed E-state index contributed by atoms with van der Waals surface area (Å²) < 4.78 is 0. The van der Waals surface area contributed by atoms with Crippen molar-refractivity contribution in [3.05, 3.63) is 47.3 Å². The highest BCUT2D eigenvalue weighted by Gasteiger charge is 2.10. The third-order valence-electron chi connectivity index (χ3n) is 3.75. The van der Waals surface area contributed by atoms with Gasteiger partial charge in [0.15, 0.2) is 0 Å². The maximum atomic E-state index is 12.3. The lowest BCUT2D eigenvalue weighted by atomic mass is 10.1. The quantitative estimate of drug-likeness (QED) is 0.885. The average Bonchev–Trinajstić information content (AvgIpc) is 2.52. The fraction of sp³-hybridized carbons (Fsp3) is 0.353. The van der Waals surface area contributed by atoms with Gasteiger partial charge in [-0.2, -0.15) is 0 Å². The van der Waals surface area contributed by atoms with Gasteiger partial charge in [0.05, 0.1) is 5.56 Å². The highest BCUT2D eigenvalue weighted by molar-refractivity contribution is 6.04. The Morgan fingerprint density at radius 1 is 1.23 bits per heavy atom. The van der Waals surface area contributed by atoms with Crippen molar-refractivity contribution < 1.29 is 4.79 Å². The Balaban J connectivity index is 2.08. The molecule has 0 aliphatic heterocycles. The molecule has 0 bridgehead atoms. The standard InChI is InChI=1S/C17H22N4O/c1-5-12(3)20-17-18-9-14(10-19-17)16(22)21-15-8-6-7-11(2)13(15)4/h6-10,12H,5H2,1-4H3,(H,21,22)(H,18,19,20). The Kier molecular flexibility index (Phi) is 5.09. The van der Waals surface area contributed by atoms with E-state index in [-0.39, 0.29) is 5.91 Å². The van der Waals surface area contributed by atoms with Gasteiger partial charge in [0.1, 0.15) is 0 Å². The van der Waals surface area contributed by atoms with Gasteiger partial charge in [0.25, 0.3) is 5.91 Å². The summed E-state index contributed by atoms with van der Waals surface area (Å²) in [5.74, 6) is 0.335. The van der Waals surface area contributed by atoms with Crippen molar-refractivity contribution in [3.8, 4) is 0 Å². The number of carbonyl (C=O) groups excluding carboxylic acids is 1. The summed E-state index contributed by atoms with van der Waals surface area (Å²) in [6.07, 6.45) is 4.06. The van der Waals surface area contributed by atoms with Crippen LogP contribution in [0.5, 0.6) is 0 Å². The molecule has 0 fully saturated rings. The third kappa shape index (κ3) is 3.81. The second-order valence-electron chi connectivity index (χ2n) is 5.45. The molecule has 0 radical (unpaired) electrons. The van der Waals surface area contributed by atoms with Gasteiger partial charge in [-0.3, -0.25) is 4.79 Å². The van der Waals surface area contributed by atoms with Gasteiger partial charge in [-0.05, 0) is 44.4 Å². The Morgan fingerprint density at radius 2 is 1.91 bits per heavy atom. The van der Waals surface area contributed by atoms with Crippen LogP contribution >= 0.6 is 0 Å². The van der Waals surface area contributed by atoms with E-state index in [0.29, 0.717) is 17.6 Å². The van der Waals surface area contributed by atoms with E-state index in [4.69, 9.17) is 0 Å². The molecule has 1 heterocycles. The smallest absolute Gasteiger partial charge is 0.258 e. The van der Waals surface area contributed by atoms with E-state index < -0.39 is 0 Å². The summed E-state index contributed by atoms with van der Waals surface area (Å²) in [6, 6.07) is 6.13. The molecular weight excluding hydrogens is 276 g/mol. The van der Waals surface area contributed by atoms with Gasteiger partial charge in [0.2, 0.25) is 5.95 Å². The number of nitrogens with one attached hydrogen (secondary N) is 2. The molecule has 1 atom stereocenters. The van der Waals surface area contributed by atoms with E-state index in [2.05, 4.69) is 34.4 Å². The zero-order chi connectivity index (χ0) is 16.1. The molecule has 0 aliphatic rings. The lowest BCUT2D eigenvalue weighted by Gasteiger charge is -2.12. The van der Waals surface area contributed by atoms with Gasteiger partial charge >= 0.3 is 0 Å². The fourth-order valence-electron chi connectivity index (χ4n) is 1.92. The zero-order valence-electron chi connectivity index (χ0n) is 13.5. The Morgan fingerprint density at radius 3 is 2.55 bits per heavy atom. The van der Waals surface area contributed by atoms with Crippen molar-refractivity contribution in [1.29, 1.82) is 0 Å². The van der Waals surface area contributed by atoms with E-state index in [1.807, 2.05) is 32.0 Å². The van der Waals surface area contributed by atoms with E-state index in [0.717, 1.165) is 23.2 Å². The SMILES string of the molecule is CCC(C)Nc1ncc(C(=O)Nc2cccc(C)c2C)cn1. The second-order valence-corrected chi connectivity index (χ2v) is 5.45. The van der Waals surface area contributed by atoms with Crippen LogP contribution in [0.15, 0.2) is 30.6 Å². The summed E-state index contributed by atoms with van der Waals surface area (Å²) in [6.45, 7) is 8.15. The van der Waals surface area contributed by atoms with E-state index in [9.17, 15) is 4.79 Å². The highest BCUT2D eigenvalue weighted by Crippen LogP contribution is 2.18. The number of carbonyl (C=O) groups is 1. The average molecular weight is 298 g/mol. The predicted molar refractivity (Wildman–Crippen MR) is 89.3 cm³/mol. The van der Waals surface area contributed by atoms with Crippen LogP contribution in [0.25, 0.3) is 0 Å². The maximum absolute atomic E-state index is 12.3. The van der Waals surface area contributed by atoms with Crippen LogP contribution in [0.1, 0.15) is 41.8 Å². The second kappa shape index (κ2) is 7.02. The zero-order valence-corrected chi connectivity index (χ0v) is 13.5. The van der Waals surface area contributed by atoms with E-state index >= 15 is 0 Å². The van der Waals surface area contributed by atoms with Crippen molar-refractivity contribution in [3.63, 3.8) is 0 Å². The van der Waals surface area contributed by atoms with Gasteiger partial charge in [-0.25, -0.2) is 9.97 Å². The van der Waals surface area contributed by atoms with Crippen molar-refractivity contribution in [1.82, 2.24) is 9.97 Å². The molecule has 2 aromatic rings. The van der Waals surface area contributed by atoms with Crippen LogP contribution in [-0.4, -0.2) is 21.9 Å². The number of aryl methyl sites for hydroxylation is 1. The molecule has 0 saturated heterocycles. The van der Waals surface area contributed by atoms with Crippen LogP contribution in [0.3, 0.4) is 0 Å². The first-order valence-corrected chi connectivity index (χ1v) is 7.47. The van der Waals surface area contributed by atoms with Crippen molar-refractivity contribution >= 4 is 17.5 Å². The lowest BCUT2D eigenvalue weighted by Crippen LogP contribution is -2.17. The Hall–Kier alpha value is -2.43. The summed E-state index contributed by atoms with van der Waals surface area (Å²) in [5, 5.41) is 6.07. The molecule has 1 unspecified atom stereocenters. The van der Waals surface area contributed by atoms with Crippen molar-refractivity contribution in [2.45, 2.75) is 40.2 Å². The monoisotopic (exact) mass is 298 g/mol. The van der Waals surface area contributed by atoms with Gasteiger partial charge in [0, 0.05) is 24.1 Å². The molecule has 5 heteroatoms. The Labute approximate surface area is 131 Å². The summed E-state index contributed by atoms with van der Waals surface area (Å²) in [7, 11) is 0. The molecule has 1 amide bonds. The normalized spacial score (nSPS) is 11.8. The van der Waals surface area contributed by atoms with Crippen LogP contribution in [-0.2, 0) is 0 Å². The Bertz CT molecular complexity index is 652.